The molecule has 8 nitrogen and oxygen atoms in total. The van der Waals surface area contributed by atoms with Crippen molar-refractivity contribution in [3.63, 3.8) is 0 Å². The van der Waals surface area contributed by atoms with Gasteiger partial charge in [0, 0.05) is 5.69 Å². The van der Waals surface area contributed by atoms with Gasteiger partial charge < -0.3 is 15.6 Å². The number of carbonyl (C=O) groups is 2. The van der Waals surface area contributed by atoms with Crippen molar-refractivity contribution in [3.8, 4) is 5.75 Å². The lowest BCUT2D eigenvalue weighted by Crippen LogP contribution is -2.18. The van der Waals surface area contributed by atoms with Crippen LogP contribution in [0, 0.1) is 6.92 Å². The van der Waals surface area contributed by atoms with E-state index < -0.39 is 17.4 Å². The normalized spacial score (nSPS) is 10.6. The third-order valence-electron chi connectivity index (χ3n) is 4.18. The van der Waals surface area contributed by atoms with Crippen LogP contribution in [-0.4, -0.2) is 39.0 Å². The van der Waals surface area contributed by atoms with E-state index in [9.17, 15) is 14.7 Å². The van der Waals surface area contributed by atoms with E-state index in [4.69, 9.17) is 10.5 Å². The second-order valence-corrected chi connectivity index (χ2v) is 5.97. The predicted octanol–water partition coefficient (Wildman–Crippen LogP) is 2.15. The van der Waals surface area contributed by atoms with E-state index in [-0.39, 0.29) is 23.5 Å². The fourth-order valence-electron chi connectivity index (χ4n) is 2.82. The van der Waals surface area contributed by atoms with Gasteiger partial charge in [-0.1, -0.05) is 29.5 Å². The number of nitrogen functional groups attached to an aromatic ring is 1. The SMILES string of the molecule is COc1ccc(Cn2nnc(C(=O)O)c2C(=O)c2c(C)cccc2N)cc1. The lowest BCUT2D eigenvalue weighted by molar-refractivity contribution is 0.0686. The number of aromatic carboxylic acids is 1. The maximum absolute atomic E-state index is 13.1. The first-order valence-electron chi connectivity index (χ1n) is 8.12. The van der Waals surface area contributed by atoms with Crippen LogP contribution in [0.3, 0.4) is 0 Å². The molecule has 8 heteroatoms. The number of carboxylic acid groups (broad SMARTS) is 1. The number of hydrogen-bond donors (Lipinski definition) is 2. The lowest BCUT2D eigenvalue weighted by Gasteiger charge is -2.11. The van der Waals surface area contributed by atoms with Crippen molar-refractivity contribution in [2.75, 3.05) is 12.8 Å². The van der Waals surface area contributed by atoms with E-state index in [0.29, 0.717) is 11.3 Å². The summed E-state index contributed by atoms with van der Waals surface area (Å²) in [6.07, 6.45) is 0. The lowest BCUT2D eigenvalue weighted by atomic mass is 9.99. The number of ketones is 1. The van der Waals surface area contributed by atoms with Gasteiger partial charge in [-0.15, -0.1) is 5.10 Å². The largest absolute Gasteiger partial charge is 0.497 e. The maximum Gasteiger partial charge on any atom is 0.358 e. The Morgan fingerprint density at radius 1 is 1.19 bits per heavy atom. The first-order valence-corrected chi connectivity index (χ1v) is 8.12. The molecule has 2 aromatic carbocycles. The Morgan fingerprint density at radius 2 is 1.89 bits per heavy atom. The molecule has 27 heavy (non-hydrogen) atoms. The Balaban J connectivity index is 2.06. The van der Waals surface area contributed by atoms with Gasteiger partial charge in [-0.3, -0.25) is 4.79 Å². The van der Waals surface area contributed by atoms with Crippen molar-refractivity contribution in [1.82, 2.24) is 15.0 Å². The molecule has 1 aromatic heterocycles. The van der Waals surface area contributed by atoms with Crippen LogP contribution in [0.2, 0.25) is 0 Å². The number of aryl methyl sites for hydroxylation is 1. The number of hydrogen-bond acceptors (Lipinski definition) is 6. The Morgan fingerprint density at radius 3 is 2.48 bits per heavy atom. The number of carboxylic acids is 1. The van der Waals surface area contributed by atoms with Gasteiger partial charge in [0.05, 0.1) is 19.2 Å². The van der Waals surface area contributed by atoms with Crippen LogP contribution in [0.15, 0.2) is 42.5 Å². The van der Waals surface area contributed by atoms with Crippen LogP contribution >= 0.6 is 0 Å². The summed E-state index contributed by atoms with van der Waals surface area (Å²) in [6, 6.07) is 12.2. The van der Waals surface area contributed by atoms with Crippen LogP contribution in [0.4, 0.5) is 5.69 Å². The molecule has 0 saturated heterocycles. The molecule has 0 unspecified atom stereocenters. The fraction of sp³-hybridized carbons (Fsp3) is 0.158. The molecule has 0 radical (unpaired) electrons. The molecular formula is C19H18N4O4. The first-order chi connectivity index (χ1) is 12.9. The zero-order valence-corrected chi connectivity index (χ0v) is 14.8. The van der Waals surface area contributed by atoms with Crippen LogP contribution < -0.4 is 10.5 Å². The summed E-state index contributed by atoms with van der Waals surface area (Å²) in [5, 5.41) is 17.0. The van der Waals surface area contributed by atoms with Crippen molar-refractivity contribution < 1.29 is 19.4 Å². The predicted molar refractivity (Wildman–Crippen MR) is 98.1 cm³/mol. The molecule has 0 aliphatic rings. The molecule has 0 aliphatic carbocycles. The summed E-state index contributed by atoms with van der Waals surface area (Å²) in [4.78, 5) is 24.7. The quantitative estimate of drug-likeness (QED) is 0.506. The van der Waals surface area contributed by atoms with Gasteiger partial charge in [-0.2, -0.15) is 0 Å². The van der Waals surface area contributed by atoms with Gasteiger partial charge in [0.15, 0.2) is 0 Å². The van der Waals surface area contributed by atoms with Crippen molar-refractivity contribution in [2.45, 2.75) is 13.5 Å². The Labute approximate surface area is 155 Å². The molecule has 3 rings (SSSR count). The van der Waals surface area contributed by atoms with E-state index >= 15 is 0 Å². The van der Waals surface area contributed by atoms with E-state index in [1.54, 1.807) is 56.5 Å². The summed E-state index contributed by atoms with van der Waals surface area (Å²) < 4.78 is 6.40. The van der Waals surface area contributed by atoms with Gasteiger partial charge in [0.2, 0.25) is 11.5 Å². The molecule has 0 amide bonds. The average molecular weight is 366 g/mol. The minimum absolute atomic E-state index is 0.112. The molecule has 0 atom stereocenters. The highest BCUT2D eigenvalue weighted by molar-refractivity contribution is 6.15. The molecule has 138 valence electrons. The molecular weight excluding hydrogens is 348 g/mol. The van der Waals surface area contributed by atoms with Crippen molar-refractivity contribution in [2.24, 2.45) is 0 Å². The molecule has 0 bridgehead atoms. The second-order valence-electron chi connectivity index (χ2n) is 5.97. The first kappa shape index (κ1) is 18.1. The van der Waals surface area contributed by atoms with Crippen LogP contribution in [-0.2, 0) is 6.54 Å². The van der Waals surface area contributed by atoms with Gasteiger partial charge >= 0.3 is 5.97 Å². The van der Waals surface area contributed by atoms with Crippen LogP contribution in [0.5, 0.6) is 5.75 Å². The van der Waals surface area contributed by atoms with Gasteiger partial charge in [0.1, 0.15) is 11.4 Å². The number of carbonyl (C=O) groups excluding carboxylic acids is 1. The molecule has 3 N–H and O–H groups in total. The van der Waals surface area contributed by atoms with Gasteiger partial charge in [-0.25, -0.2) is 9.48 Å². The summed E-state index contributed by atoms with van der Waals surface area (Å²) in [7, 11) is 1.56. The number of methoxy groups -OCH3 is 1. The summed E-state index contributed by atoms with van der Waals surface area (Å²) in [5.74, 6) is -1.17. The molecule has 0 fully saturated rings. The van der Waals surface area contributed by atoms with Crippen molar-refractivity contribution in [1.29, 1.82) is 0 Å². The minimum Gasteiger partial charge on any atom is -0.497 e. The topological polar surface area (TPSA) is 120 Å². The number of nitrogens with two attached hydrogens (primary N) is 1. The zero-order valence-electron chi connectivity index (χ0n) is 14.8. The van der Waals surface area contributed by atoms with E-state index in [1.807, 2.05) is 0 Å². The number of anilines is 1. The van der Waals surface area contributed by atoms with E-state index in [2.05, 4.69) is 10.3 Å². The second kappa shape index (κ2) is 7.28. The smallest absolute Gasteiger partial charge is 0.358 e. The zero-order chi connectivity index (χ0) is 19.6. The molecule has 1 heterocycles. The Kier molecular flexibility index (Phi) is 4.89. The van der Waals surface area contributed by atoms with Crippen LogP contribution in [0.1, 0.15) is 37.7 Å². The van der Waals surface area contributed by atoms with Crippen LogP contribution in [0.25, 0.3) is 0 Å². The molecule has 3 aromatic rings. The number of nitrogens with zero attached hydrogens (tertiary/aromatic N) is 3. The molecule has 0 aliphatic heterocycles. The van der Waals surface area contributed by atoms with Gasteiger partial charge in [0.25, 0.3) is 0 Å². The van der Waals surface area contributed by atoms with Gasteiger partial charge in [-0.05, 0) is 36.2 Å². The Hall–Kier alpha value is -3.68. The van der Waals surface area contributed by atoms with Crippen molar-refractivity contribution >= 4 is 17.4 Å². The standard InChI is InChI=1S/C19H18N4O4/c1-11-4-3-5-14(20)15(11)18(24)17-16(19(25)26)21-22-23(17)10-12-6-8-13(27-2)9-7-12/h3-9H,10,20H2,1-2H3,(H,25,26). The monoisotopic (exact) mass is 366 g/mol. The highest BCUT2D eigenvalue weighted by Gasteiger charge is 2.28. The summed E-state index contributed by atoms with van der Waals surface area (Å²) in [6.45, 7) is 1.92. The van der Waals surface area contributed by atoms with E-state index in [0.717, 1.165) is 5.56 Å². The number of rotatable bonds is 6. The number of ether oxygens (including phenoxy) is 1. The number of aromatic nitrogens is 3. The number of benzene rings is 2. The fourth-order valence-corrected chi connectivity index (χ4v) is 2.82. The highest BCUT2D eigenvalue weighted by atomic mass is 16.5. The minimum atomic E-state index is -1.33. The average Bonchev–Trinajstić information content (AvgIpc) is 3.06. The van der Waals surface area contributed by atoms with Crippen molar-refractivity contribution in [3.05, 3.63) is 70.5 Å². The molecule has 0 spiro atoms. The molecule has 0 saturated carbocycles. The third kappa shape index (κ3) is 3.50. The maximum atomic E-state index is 13.1. The summed E-state index contributed by atoms with van der Waals surface area (Å²) >= 11 is 0. The van der Waals surface area contributed by atoms with E-state index in [1.165, 1.54) is 4.68 Å². The third-order valence-corrected chi connectivity index (χ3v) is 4.18. The summed E-state index contributed by atoms with van der Waals surface area (Å²) in [5.41, 5.74) is 7.42. The Bertz CT molecular complexity index is 989. The highest BCUT2D eigenvalue weighted by Crippen LogP contribution is 2.23.